The van der Waals surface area contributed by atoms with Gasteiger partial charge in [0.15, 0.2) is 0 Å². The quantitative estimate of drug-likeness (QED) is 0.899. The summed E-state index contributed by atoms with van der Waals surface area (Å²) in [5, 5.41) is 11.9. The Hall–Kier alpha value is -1.42. The molecular formula is C15H21N3O2S. The zero-order chi connectivity index (χ0) is 15.3. The van der Waals surface area contributed by atoms with Gasteiger partial charge in [-0.05, 0) is 57.1 Å². The van der Waals surface area contributed by atoms with Crippen molar-refractivity contribution in [2.45, 2.75) is 36.6 Å². The van der Waals surface area contributed by atoms with E-state index in [0.29, 0.717) is 12.1 Å². The Morgan fingerprint density at radius 3 is 2.67 bits per heavy atom. The molecule has 114 valence electrons. The van der Waals surface area contributed by atoms with Gasteiger partial charge in [0, 0.05) is 12.6 Å². The van der Waals surface area contributed by atoms with Crippen LogP contribution in [0.3, 0.4) is 0 Å². The van der Waals surface area contributed by atoms with Gasteiger partial charge in [0.1, 0.15) is 0 Å². The summed E-state index contributed by atoms with van der Waals surface area (Å²) in [5.41, 5.74) is 0.472. The molecule has 0 spiro atoms. The highest BCUT2D eigenvalue weighted by molar-refractivity contribution is 7.89. The molecule has 0 radical (unpaired) electrons. The Kier molecular flexibility index (Phi) is 5.34. The molecule has 0 amide bonds. The lowest BCUT2D eigenvalue weighted by Crippen LogP contribution is -2.44. The normalized spacial score (nSPS) is 20.1. The minimum absolute atomic E-state index is 0.0619. The van der Waals surface area contributed by atoms with Crippen LogP contribution in [0.1, 0.15) is 31.2 Å². The lowest BCUT2D eigenvalue weighted by atomic mass is 10.0. The van der Waals surface area contributed by atoms with Gasteiger partial charge in [-0.2, -0.15) is 9.57 Å². The molecule has 6 heteroatoms. The monoisotopic (exact) mass is 307 g/mol. The van der Waals surface area contributed by atoms with E-state index in [4.69, 9.17) is 5.26 Å². The number of hydrogen-bond donors (Lipinski definition) is 1. The molecule has 1 aromatic rings. The minimum atomic E-state index is -3.47. The maximum Gasteiger partial charge on any atom is 0.243 e. The molecule has 0 bridgehead atoms. The first-order valence-corrected chi connectivity index (χ1v) is 8.70. The van der Waals surface area contributed by atoms with E-state index in [2.05, 4.69) is 5.32 Å². The largest absolute Gasteiger partial charge is 0.320 e. The van der Waals surface area contributed by atoms with Crippen LogP contribution in [0, 0.1) is 11.3 Å². The number of rotatable bonds is 5. The minimum Gasteiger partial charge on any atom is -0.320 e. The fraction of sp³-hybridized carbons (Fsp3) is 0.533. The van der Waals surface area contributed by atoms with Gasteiger partial charge in [-0.15, -0.1) is 0 Å². The summed E-state index contributed by atoms with van der Waals surface area (Å²) < 4.78 is 27.2. The predicted octanol–water partition coefficient (Wildman–Crippen LogP) is 1.71. The fourth-order valence-electron chi connectivity index (χ4n) is 2.73. The van der Waals surface area contributed by atoms with Crippen molar-refractivity contribution in [3.05, 3.63) is 29.8 Å². The van der Waals surface area contributed by atoms with Crippen molar-refractivity contribution >= 4 is 10.0 Å². The smallest absolute Gasteiger partial charge is 0.243 e. The third kappa shape index (κ3) is 3.62. The predicted molar refractivity (Wildman–Crippen MR) is 81.2 cm³/mol. The average molecular weight is 307 g/mol. The average Bonchev–Trinajstić information content (AvgIpc) is 2.53. The van der Waals surface area contributed by atoms with Gasteiger partial charge in [-0.3, -0.25) is 0 Å². The Morgan fingerprint density at radius 2 is 2.05 bits per heavy atom. The van der Waals surface area contributed by atoms with Gasteiger partial charge in [-0.1, -0.05) is 6.42 Å². The van der Waals surface area contributed by atoms with Gasteiger partial charge >= 0.3 is 0 Å². The van der Waals surface area contributed by atoms with Gasteiger partial charge < -0.3 is 5.32 Å². The standard InChI is InChI=1S/C15H21N3O2S/c1-17-10-9-14-4-2-3-11-18(14)21(19,20)15-7-5-13(12-16)6-8-15/h5-8,14,17H,2-4,9-11H2,1H3. The van der Waals surface area contributed by atoms with Crippen LogP contribution in [0.2, 0.25) is 0 Å². The first-order chi connectivity index (χ1) is 10.1. The van der Waals surface area contributed by atoms with Crippen LogP contribution in [-0.2, 0) is 10.0 Å². The SMILES string of the molecule is CNCCC1CCCCN1S(=O)(=O)c1ccc(C#N)cc1. The zero-order valence-corrected chi connectivity index (χ0v) is 13.1. The fourth-order valence-corrected chi connectivity index (χ4v) is 4.45. The van der Waals surface area contributed by atoms with E-state index in [1.54, 1.807) is 16.4 Å². The van der Waals surface area contributed by atoms with Gasteiger partial charge in [0.25, 0.3) is 0 Å². The molecule has 1 heterocycles. The molecule has 21 heavy (non-hydrogen) atoms. The van der Waals surface area contributed by atoms with E-state index in [9.17, 15) is 8.42 Å². The maximum absolute atomic E-state index is 12.8. The highest BCUT2D eigenvalue weighted by Crippen LogP contribution is 2.27. The molecule has 1 aromatic carbocycles. The van der Waals surface area contributed by atoms with Crippen LogP contribution in [0.4, 0.5) is 0 Å². The number of nitriles is 1. The molecule has 1 atom stereocenters. The van der Waals surface area contributed by atoms with Crippen LogP contribution >= 0.6 is 0 Å². The molecule has 1 unspecified atom stereocenters. The highest BCUT2D eigenvalue weighted by atomic mass is 32.2. The van der Waals surface area contributed by atoms with Gasteiger partial charge in [0.05, 0.1) is 16.5 Å². The Balaban J connectivity index is 2.24. The number of sulfonamides is 1. The van der Waals surface area contributed by atoms with E-state index in [0.717, 1.165) is 32.2 Å². The van der Waals surface area contributed by atoms with E-state index < -0.39 is 10.0 Å². The Morgan fingerprint density at radius 1 is 1.33 bits per heavy atom. The van der Waals surface area contributed by atoms with Crippen LogP contribution in [0.5, 0.6) is 0 Å². The molecule has 1 aliphatic heterocycles. The lowest BCUT2D eigenvalue weighted by molar-refractivity contribution is 0.240. The Labute approximate surface area is 126 Å². The van der Waals surface area contributed by atoms with Crippen molar-refractivity contribution < 1.29 is 8.42 Å². The molecule has 1 fully saturated rings. The summed E-state index contributed by atoms with van der Waals surface area (Å²) in [5.74, 6) is 0. The van der Waals surface area contributed by atoms with Crippen LogP contribution < -0.4 is 5.32 Å². The third-order valence-electron chi connectivity index (χ3n) is 3.89. The molecule has 2 rings (SSSR count). The van der Waals surface area contributed by atoms with Gasteiger partial charge in [0.2, 0.25) is 10.0 Å². The first-order valence-electron chi connectivity index (χ1n) is 7.26. The summed E-state index contributed by atoms with van der Waals surface area (Å²) >= 11 is 0. The number of nitrogens with zero attached hydrogens (tertiary/aromatic N) is 2. The maximum atomic E-state index is 12.8. The molecule has 1 aliphatic rings. The molecule has 0 aromatic heterocycles. The molecule has 0 saturated carbocycles. The van der Waals surface area contributed by atoms with Crippen molar-refractivity contribution in [3.63, 3.8) is 0 Å². The lowest BCUT2D eigenvalue weighted by Gasteiger charge is -2.34. The molecule has 1 saturated heterocycles. The second-order valence-electron chi connectivity index (χ2n) is 5.29. The number of benzene rings is 1. The van der Waals surface area contributed by atoms with E-state index in [-0.39, 0.29) is 10.9 Å². The third-order valence-corrected chi connectivity index (χ3v) is 5.86. The molecular weight excluding hydrogens is 286 g/mol. The summed E-state index contributed by atoms with van der Waals surface area (Å²) in [6.07, 6.45) is 3.72. The van der Waals surface area contributed by atoms with Crippen molar-refractivity contribution in [1.82, 2.24) is 9.62 Å². The zero-order valence-electron chi connectivity index (χ0n) is 12.2. The second kappa shape index (κ2) is 7.03. The number of piperidine rings is 1. The summed E-state index contributed by atoms with van der Waals surface area (Å²) in [4.78, 5) is 0.276. The van der Waals surface area contributed by atoms with Crippen LogP contribution in [-0.4, -0.2) is 38.9 Å². The summed E-state index contributed by atoms with van der Waals surface area (Å²) in [6, 6.07) is 8.23. The van der Waals surface area contributed by atoms with E-state index >= 15 is 0 Å². The Bertz CT molecular complexity index is 605. The van der Waals surface area contributed by atoms with Crippen LogP contribution in [0.15, 0.2) is 29.2 Å². The van der Waals surface area contributed by atoms with Crippen molar-refractivity contribution in [1.29, 1.82) is 5.26 Å². The van der Waals surface area contributed by atoms with Crippen LogP contribution in [0.25, 0.3) is 0 Å². The van der Waals surface area contributed by atoms with Crippen molar-refractivity contribution in [3.8, 4) is 6.07 Å². The van der Waals surface area contributed by atoms with Crippen molar-refractivity contribution in [2.75, 3.05) is 20.1 Å². The number of nitrogens with one attached hydrogen (secondary N) is 1. The first kappa shape index (κ1) is 16.0. The van der Waals surface area contributed by atoms with Gasteiger partial charge in [-0.25, -0.2) is 8.42 Å². The number of hydrogen-bond acceptors (Lipinski definition) is 4. The summed E-state index contributed by atoms with van der Waals surface area (Å²) in [7, 11) is -1.59. The molecule has 5 nitrogen and oxygen atoms in total. The highest BCUT2D eigenvalue weighted by Gasteiger charge is 2.32. The molecule has 1 N–H and O–H groups in total. The second-order valence-corrected chi connectivity index (χ2v) is 7.18. The molecule has 0 aliphatic carbocycles. The van der Waals surface area contributed by atoms with E-state index in [1.165, 1.54) is 12.1 Å². The van der Waals surface area contributed by atoms with E-state index in [1.807, 2.05) is 13.1 Å². The topological polar surface area (TPSA) is 73.2 Å². The summed E-state index contributed by atoms with van der Waals surface area (Å²) in [6.45, 7) is 1.39. The van der Waals surface area contributed by atoms with Crippen molar-refractivity contribution in [2.24, 2.45) is 0 Å².